The Morgan fingerprint density at radius 3 is 1.91 bits per heavy atom. The molecule has 4 rings (SSSR count). The topological polar surface area (TPSA) is 18.5 Å². The summed E-state index contributed by atoms with van der Waals surface area (Å²) < 4.78 is 12.2. The zero-order valence-electron chi connectivity index (χ0n) is 20.4. The van der Waals surface area contributed by atoms with Crippen molar-refractivity contribution in [1.82, 2.24) is 0 Å². The molecule has 0 N–H and O–H groups in total. The van der Waals surface area contributed by atoms with Gasteiger partial charge >= 0.3 is 0 Å². The predicted octanol–water partition coefficient (Wildman–Crippen LogP) is 8.45. The van der Waals surface area contributed by atoms with Gasteiger partial charge in [-0.05, 0) is 67.6 Å². The van der Waals surface area contributed by atoms with Crippen molar-refractivity contribution in [3.8, 4) is 11.1 Å². The van der Waals surface area contributed by atoms with Crippen LogP contribution in [0.2, 0.25) is 0 Å². The lowest BCUT2D eigenvalue weighted by Crippen LogP contribution is -2.39. The molecule has 2 aliphatic rings. The van der Waals surface area contributed by atoms with Gasteiger partial charge in [-0.2, -0.15) is 0 Å². The molecule has 0 bridgehead atoms. The molecule has 1 heterocycles. The Labute approximate surface area is 195 Å². The van der Waals surface area contributed by atoms with Crippen molar-refractivity contribution in [2.45, 2.75) is 90.3 Å². The average molecular weight is 435 g/mol. The Morgan fingerprint density at radius 2 is 1.34 bits per heavy atom. The summed E-state index contributed by atoms with van der Waals surface area (Å²) in [6, 6.07) is 18.1. The predicted molar refractivity (Wildman–Crippen MR) is 134 cm³/mol. The van der Waals surface area contributed by atoms with Crippen LogP contribution in [-0.2, 0) is 15.3 Å². The minimum atomic E-state index is -0.622. The highest BCUT2D eigenvalue weighted by molar-refractivity contribution is 5.64. The monoisotopic (exact) mass is 434 g/mol. The van der Waals surface area contributed by atoms with E-state index in [1.54, 1.807) is 0 Å². The van der Waals surface area contributed by atoms with Gasteiger partial charge in [0.2, 0.25) is 0 Å². The molecular formula is C30H42O2. The lowest BCUT2D eigenvalue weighted by Gasteiger charge is -2.37. The molecule has 0 unspecified atom stereocenters. The first-order valence-corrected chi connectivity index (χ1v) is 13.1. The highest BCUT2D eigenvalue weighted by Crippen LogP contribution is 2.38. The molecule has 2 heteroatoms. The van der Waals surface area contributed by atoms with Gasteiger partial charge in [-0.25, -0.2) is 0 Å². The van der Waals surface area contributed by atoms with E-state index < -0.39 is 5.79 Å². The molecule has 1 saturated carbocycles. The SMILES string of the molecule is CCCCCC1CCC(c2ccc(-c3ccc(C4(C)OCC(CC)CO4)cc3)cc2)CC1. The maximum absolute atomic E-state index is 6.10. The molecule has 1 aliphatic carbocycles. The van der Waals surface area contributed by atoms with Crippen LogP contribution in [0.15, 0.2) is 48.5 Å². The summed E-state index contributed by atoms with van der Waals surface area (Å²) in [6.45, 7) is 8.09. The molecule has 32 heavy (non-hydrogen) atoms. The number of benzene rings is 2. The highest BCUT2D eigenvalue weighted by atomic mass is 16.7. The van der Waals surface area contributed by atoms with Gasteiger partial charge in [-0.3, -0.25) is 0 Å². The molecule has 2 nitrogen and oxygen atoms in total. The molecule has 0 radical (unpaired) electrons. The molecule has 2 fully saturated rings. The maximum atomic E-state index is 6.10. The minimum Gasteiger partial charge on any atom is -0.346 e. The third kappa shape index (κ3) is 5.64. The van der Waals surface area contributed by atoms with Crippen LogP contribution in [0, 0.1) is 11.8 Å². The lowest BCUT2D eigenvalue weighted by molar-refractivity contribution is -0.282. The van der Waals surface area contributed by atoms with Crippen LogP contribution >= 0.6 is 0 Å². The van der Waals surface area contributed by atoms with Gasteiger partial charge in [0, 0.05) is 11.5 Å². The van der Waals surface area contributed by atoms with Gasteiger partial charge in [0.1, 0.15) is 0 Å². The highest BCUT2D eigenvalue weighted by Gasteiger charge is 2.34. The van der Waals surface area contributed by atoms with Crippen LogP contribution in [0.25, 0.3) is 11.1 Å². The first-order valence-electron chi connectivity index (χ1n) is 13.1. The summed E-state index contributed by atoms with van der Waals surface area (Å²) >= 11 is 0. The molecule has 1 aliphatic heterocycles. The molecule has 0 atom stereocenters. The molecule has 0 aromatic heterocycles. The van der Waals surface area contributed by atoms with E-state index >= 15 is 0 Å². The summed E-state index contributed by atoms with van der Waals surface area (Å²) in [5.41, 5.74) is 5.17. The van der Waals surface area contributed by atoms with Gasteiger partial charge in [0.25, 0.3) is 0 Å². The van der Waals surface area contributed by atoms with E-state index in [0.717, 1.165) is 37.0 Å². The van der Waals surface area contributed by atoms with Gasteiger partial charge in [-0.1, -0.05) is 88.1 Å². The van der Waals surface area contributed by atoms with Crippen molar-refractivity contribution in [3.63, 3.8) is 0 Å². The minimum absolute atomic E-state index is 0.511. The van der Waals surface area contributed by atoms with E-state index in [2.05, 4.69) is 62.4 Å². The molecule has 1 saturated heterocycles. The van der Waals surface area contributed by atoms with Crippen molar-refractivity contribution in [2.75, 3.05) is 13.2 Å². The molecule has 0 spiro atoms. The van der Waals surface area contributed by atoms with E-state index in [1.807, 2.05) is 6.92 Å². The number of unbranched alkanes of at least 4 members (excludes halogenated alkanes) is 2. The number of hydrogen-bond donors (Lipinski definition) is 0. The van der Waals surface area contributed by atoms with Crippen LogP contribution in [0.4, 0.5) is 0 Å². The van der Waals surface area contributed by atoms with Crippen LogP contribution in [-0.4, -0.2) is 13.2 Å². The van der Waals surface area contributed by atoms with Crippen LogP contribution < -0.4 is 0 Å². The second kappa shape index (κ2) is 11.0. The van der Waals surface area contributed by atoms with Crippen molar-refractivity contribution in [1.29, 1.82) is 0 Å². The quantitative estimate of drug-likeness (QED) is 0.388. The molecule has 0 amide bonds. The molecular weight excluding hydrogens is 392 g/mol. The van der Waals surface area contributed by atoms with Crippen LogP contribution in [0.1, 0.15) is 95.6 Å². The van der Waals surface area contributed by atoms with Crippen molar-refractivity contribution < 1.29 is 9.47 Å². The van der Waals surface area contributed by atoms with Gasteiger partial charge in [-0.15, -0.1) is 0 Å². The fourth-order valence-corrected chi connectivity index (χ4v) is 5.43. The fraction of sp³-hybridized carbons (Fsp3) is 0.600. The van der Waals surface area contributed by atoms with E-state index in [4.69, 9.17) is 9.47 Å². The standard InChI is InChI=1S/C30H42O2/c1-4-6-7-8-24-9-11-25(12-10-24)26-13-15-27(16-14-26)28-17-19-29(20-18-28)30(3)31-21-23(5-2)22-32-30/h13-20,23-25H,4-12,21-22H2,1-3H3. The Hall–Kier alpha value is -1.64. The average Bonchev–Trinajstić information content (AvgIpc) is 2.85. The second-order valence-corrected chi connectivity index (χ2v) is 10.3. The number of rotatable bonds is 8. The molecule has 2 aromatic rings. The number of hydrogen-bond acceptors (Lipinski definition) is 2. The van der Waals surface area contributed by atoms with E-state index in [-0.39, 0.29) is 0 Å². The van der Waals surface area contributed by atoms with E-state index in [1.165, 1.54) is 68.1 Å². The van der Waals surface area contributed by atoms with Crippen molar-refractivity contribution in [3.05, 3.63) is 59.7 Å². The molecule has 2 aromatic carbocycles. The Balaban J connectivity index is 1.33. The van der Waals surface area contributed by atoms with Gasteiger partial charge < -0.3 is 9.47 Å². The maximum Gasteiger partial charge on any atom is 0.191 e. The second-order valence-electron chi connectivity index (χ2n) is 10.3. The molecule has 174 valence electrons. The zero-order chi connectivity index (χ0) is 22.4. The van der Waals surface area contributed by atoms with E-state index in [9.17, 15) is 0 Å². The Bertz CT molecular complexity index is 807. The van der Waals surface area contributed by atoms with Crippen molar-refractivity contribution in [2.24, 2.45) is 11.8 Å². The lowest BCUT2D eigenvalue weighted by atomic mass is 9.77. The summed E-state index contributed by atoms with van der Waals surface area (Å²) in [7, 11) is 0. The van der Waals surface area contributed by atoms with Crippen molar-refractivity contribution >= 4 is 0 Å². The normalized spacial score (nSPS) is 28.5. The zero-order valence-corrected chi connectivity index (χ0v) is 20.4. The summed E-state index contributed by atoms with van der Waals surface area (Å²) in [5.74, 6) is 1.62. The summed E-state index contributed by atoms with van der Waals surface area (Å²) in [6.07, 6.45) is 12.3. The number of ether oxygens (including phenoxy) is 2. The first kappa shape index (κ1) is 23.5. The smallest absolute Gasteiger partial charge is 0.191 e. The van der Waals surface area contributed by atoms with Crippen LogP contribution in [0.3, 0.4) is 0 Å². The third-order valence-corrected chi connectivity index (χ3v) is 7.95. The van der Waals surface area contributed by atoms with Crippen LogP contribution in [0.5, 0.6) is 0 Å². The Kier molecular flexibility index (Phi) is 8.07. The van der Waals surface area contributed by atoms with Gasteiger partial charge in [0.15, 0.2) is 5.79 Å². The Morgan fingerprint density at radius 1 is 0.750 bits per heavy atom. The summed E-state index contributed by atoms with van der Waals surface area (Å²) in [4.78, 5) is 0. The summed E-state index contributed by atoms with van der Waals surface area (Å²) in [5, 5.41) is 0. The van der Waals surface area contributed by atoms with Gasteiger partial charge in [0.05, 0.1) is 13.2 Å². The first-order chi connectivity index (χ1) is 15.6. The third-order valence-electron chi connectivity index (χ3n) is 7.95. The largest absolute Gasteiger partial charge is 0.346 e. The fourth-order valence-electron chi connectivity index (χ4n) is 5.43. The van der Waals surface area contributed by atoms with E-state index in [0.29, 0.717) is 5.92 Å².